The van der Waals surface area contributed by atoms with Crippen molar-refractivity contribution in [3.63, 3.8) is 0 Å². The van der Waals surface area contributed by atoms with Gasteiger partial charge in [-0.25, -0.2) is 19.3 Å². The lowest BCUT2D eigenvalue weighted by Crippen LogP contribution is -2.21. The van der Waals surface area contributed by atoms with Gasteiger partial charge in [0.2, 0.25) is 0 Å². The highest BCUT2D eigenvalue weighted by molar-refractivity contribution is 6.33. The summed E-state index contributed by atoms with van der Waals surface area (Å²) in [5.41, 5.74) is 9.15. The fourth-order valence-corrected chi connectivity index (χ4v) is 2.57. The number of azide groups is 1. The lowest BCUT2D eigenvalue weighted by molar-refractivity contribution is -0.0138. The van der Waals surface area contributed by atoms with Gasteiger partial charge in [0.25, 0.3) is 0 Å². The summed E-state index contributed by atoms with van der Waals surface area (Å²) >= 11 is 5.92. The molecule has 110 valence electrons. The standard InChI is InChI=1S/C11H11ClFN7O/c1-5-6(2-18-19-14)21-11(7(5)13)20-4-17-8-9(12)15-3-16-10(8)20/h3-7,11H,2H2,1H3/t5-,6-,7-,11-/m1/s1. The summed E-state index contributed by atoms with van der Waals surface area (Å²) in [4.78, 5) is 14.7. The number of nitrogens with zero attached hydrogens (tertiary/aromatic N) is 7. The number of ether oxygens (including phenoxy) is 1. The minimum atomic E-state index is -1.27. The third kappa shape index (κ3) is 2.29. The normalized spacial score (nSPS) is 28.7. The lowest BCUT2D eigenvalue weighted by Gasteiger charge is -2.15. The number of aromatic nitrogens is 4. The number of imidazole rings is 1. The molecule has 0 bridgehead atoms. The number of halogens is 2. The Morgan fingerprint density at radius 2 is 2.33 bits per heavy atom. The van der Waals surface area contributed by atoms with E-state index in [-0.39, 0.29) is 11.7 Å². The van der Waals surface area contributed by atoms with Gasteiger partial charge in [-0.3, -0.25) is 4.57 Å². The molecule has 0 radical (unpaired) electrons. The molecule has 3 heterocycles. The van der Waals surface area contributed by atoms with Crippen molar-refractivity contribution in [3.05, 3.63) is 28.3 Å². The molecule has 2 aromatic rings. The van der Waals surface area contributed by atoms with Crippen molar-refractivity contribution in [1.82, 2.24) is 19.5 Å². The minimum absolute atomic E-state index is 0.0803. The highest BCUT2D eigenvalue weighted by Crippen LogP contribution is 2.37. The van der Waals surface area contributed by atoms with Crippen molar-refractivity contribution in [2.45, 2.75) is 25.4 Å². The van der Waals surface area contributed by atoms with Gasteiger partial charge in [-0.2, -0.15) is 0 Å². The predicted molar refractivity (Wildman–Crippen MR) is 72.3 cm³/mol. The molecule has 3 rings (SSSR count). The van der Waals surface area contributed by atoms with Gasteiger partial charge in [0.15, 0.2) is 23.2 Å². The van der Waals surface area contributed by atoms with E-state index in [4.69, 9.17) is 21.9 Å². The molecule has 10 heteroatoms. The highest BCUT2D eigenvalue weighted by Gasteiger charge is 2.43. The number of fused-ring (bicyclic) bond motifs is 1. The third-order valence-electron chi connectivity index (χ3n) is 3.59. The van der Waals surface area contributed by atoms with Crippen LogP contribution in [0.3, 0.4) is 0 Å². The first kappa shape index (κ1) is 14.0. The van der Waals surface area contributed by atoms with E-state index in [1.165, 1.54) is 17.2 Å². The fraction of sp³-hybridized carbons (Fsp3) is 0.545. The summed E-state index contributed by atoms with van der Waals surface area (Å²) in [6.07, 6.45) is 0.0670. The summed E-state index contributed by atoms with van der Waals surface area (Å²) in [6.45, 7) is 1.79. The van der Waals surface area contributed by atoms with Crippen molar-refractivity contribution in [2.24, 2.45) is 11.0 Å². The Labute approximate surface area is 123 Å². The van der Waals surface area contributed by atoms with Crippen LogP contribution in [-0.2, 0) is 4.74 Å². The minimum Gasteiger partial charge on any atom is -0.351 e. The zero-order valence-electron chi connectivity index (χ0n) is 11.0. The SMILES string of the molecule is C[C@H]1[C@@H](F)[C@H](n2cnc3c(Cl)ncnc32)O[C@@H]1CN=[N+]=[N-]. The Kier molecular flexibility index (Phi) is 3.62. The zero-order valence-corrected chi connectivity index (χ0v) is 11.7. The van der Waals surface area contributed by atoms with Crippen LogP contribution in [0.1, 0.15) is 13.2 Å². The average Bonchev–Trinajstić information content (AvgIpc) is 3.02. The molecular formula is C11H11ClFN7O. The molecule has 0 aromatic carbocycles. The van der Waals surface area contributed by atoms with Crippen molar-refractivity contribution >= 4 is 22.8 Å². The van der Waals surface area contributed by atoms with Gasteiger partial charge in [-0.15, -0.1) is 0 Å². The average molecular weight is 312 g/mol. The molecule has 1 aliphatic heterocycles. The second-order valence-electron chi connectivity index (χ2n) is 4.77. The van der Waals surface area contributed by atoms with Gasteiger partial charge in [0.05, 0.1) is 19.0 Å². The van der Waals surface area contributed by atoms with Crippen LogP contribution in [0.4, 0.5) is 4.39 Å². The fourth-order valence-electron chi connectivity index (χ4n) is 2.40. The molecule has 1 saturated heterocycles. The second-order valence-corrected chi connectivity index (χ2v) is 5.13. The van der Waals surface area contributed by atoms with Gasteiger partial charge in [-0.1, -0.05) is 23.6 Å². The summed E-state index contributed by atoms with van der Waals surface area (Å²) < 4.78 is 21.6. The second kappa shape index (κ2) is 5.44. The molecule has 1 aliphatic rings. The summed E-state index contributed by atoms with van der Waals surface area (Å²) in [7, 11) is 0. The summed E-state index contributed by atoms with van der Waals surface area (Å²) in [6, 6.07) is 0. The van der Waals surface area contributed by atoms with Gasteiger partial charge in [-0.05, 0) is 5.53 Å². The van der Waals surface area contributed by atoms with E-state index in [2.05, 4.69) is 25.0 Å². The van der Waals surface area contributed by atoms with E-state index in [1.807, 2.05) is 0 Å². The van der Waals surface area contributed by atoms with Crippen molar-refractivity contribution in [2.75, 3.05) is 6.54 Å². The number of hydrogen-bond acceptors (Lipinski definition) is 5. The Morgan fingerprint density at radius 3 is 3.10 bits per heavy atom. The molecule has 0 saturated carbocycles. The molecule has 8 nitrogen and oxygen atoms in total. The summed E-state index contributed by atoms with van der Waals surface area (Å²) in [5.74, 6) is -0.407. The van der Waals surface area contributed by atoms with Crippen LogP contribution in [0.25, 0.3) is 21.6 Å². The molecule has 0 aliphatic carbocycles. The Bertz CT molecular complexity index is 716. The largest absolute Gasteiger partial charge is 0.351 e. The lowest BCUT2D eigenvalue weighted by atomic mass is 10.0. The maximum atomic E-state index is 14.5. The first-order valence-electron chi connectivity index (χ1n) is 6.27. The molecular weight excluding hydrogens is 301 g/mol. The van der Waals surface area contributed by atoms with Crippen LogP contribution in [0.2, 0.25) is 5.15 Å². The quantitative estimate of drug-likeness (QED) is 0.376. The first-order valence-corrected chi connectivity index (χ1v) is 6.64. The third-order valence-corrected chi connectivity index (χ3v) is 3.87. The molecule has 0 amide bonds. The van der Waals surface area contributed by atoms with E-state index in [0.29, 0.717) is 11.2 Å². The molecule has 4 atom stereocenters. The predicted octanol–water partition coefficient (Wildman–Crippen LogP) is 2.66. The number of alkyl halides is 1. The first-order chi connectivity index (χ1) is 10.1. The number of rotatable bonds is 3. The van der Waals surface area contributed by atoms with E-state index in [1.54, 1.807) is 6.92 Å². The van der Waals surface area contributed by atoms with Gasteiger partial charge in [0, 0.05) is 10.8 Å². The molecule has 0 spiro atoms. The van der Waals surface area contributed by atoms with Gasteiger partial charge in [0.1, 0.15) is 11.8 Å². The molecule has 1 fully saturated rings. The van der Waals surface area contributed by atoms with Crippen LogP contribution >= 0.6 is 11.6 Å². The Balaban J connectivity index is 1.95. The van der Waals surface area contributed by atoms with Crippen LogP contribution < -0.4 is 0 Å². The van der Waals surface area contributed by atoms with E-state index < -0.39 is 24.4 Å². The molecule has 0 N–H and O–H groups in total. The summed E-state index contributed by atoms with van der Waals surface area (Å²) in [5, 5.41) is 3.65. The van der Waals surface area contributed by atoms with Crippen LogP contribution in [-0.4, -0.2) is 38.3 Å². The van der Waals surface area contributed by atoms with Gasteiger partial charge >= 0.3 is 0 Å². The zero-order chi connectivity index (χ0) is 15.0. The topological polar surface area (TPSA) is 102 Å². The molecule has 2 aromatic heterocycles. The highest BCUT2D eigenvalue weighted by atomic mass is 35.5. The Hall–Kier alpha value is -1.96. The van der Waals surface area contributed by atoms with E-state index in [9.17, 15) is 4.39 Å². The van der Waals surface area contributed by atoms with Crippen LogP contribution in [0.15, 0.2) is 17.8 Å². The van der Waals surface area contributed by atoms with Gasteiger partial charge < -0.3 is 4.74 Å². The van der Waals surface area contributed by atoms with Crippen LogP contribution in [0, 0.1) is 5.92 Å². The number of hydrogen-bond donors (Lipinski definition) is 0. The van der Waals surface area contributed by atoms with Crippen molar-refractivity contribution in [3.8, 4) is 0 Å². The molecule has 21 heavy (non-hydrogen) atoms. The van der Waals surface area contributed by atoms with E-state index in [0.717, 1.165) is 0 Å². The van der Waals surface area contributed by atoms with Crippen molar-refractivity contribution in [1.29, 1.82) is 0 Å². The smallest absolute Gasteiger partial charge is 0.168 e. The maximum absolute atomic E-state index is 14.5. The monoisotopic (exact) mass is 311 g/mol. The van der Waals surface area contributed by atoms with E-state index >= 15 is 0 Å². The Morgan fingerprint density at radius 1 is 1.52 bits per heavy atom. The van der Waals surface area contributed by atoms with Crippen molar-refractivity contribution < 1.29 is 9.13 Å². The molecule has 0 unspecified atom stereocenters. The van der Waals surface area contributed by atoms with Crippen LogP contribution in [0.5, 0.6) is 0 Å². The maximum Gasteiger partial charge on any atom is 0.168 e.